The Bertz CT molecular complexity index is 320. The minimum atomic E-state index is -0.948. The summed E-state index contributed by atoms with van der Waals surface area (Å²) in [5, 5.41) is 17.6. The average Bonchev–Trinajstić information content (AvgIpc) is 2.16. The lowest BCUT2D eigenvalue weighted by Gasteiger charge is -2.10. The van der Waals surface area contributed by atoms with Gasteiger partial charge in [-0.25, -0.2) is 0 Å². The van der Waals surface area contributed by atoms with Gasteiger partial charge in [0.15, 0.2) is 0 Å². The summed E-state index contributed by atoms with van der Waals surface area (Å²) in [5.74, 6) is -1.65. The molecule has 0 aromatic heterocycles. The number of carboxylic acid groups (broad SMARTS) is 1. The fourth-order valence-corrected chi connectivity index (χ4v) is 1.33. The second-order valence-electron chi connectivity index (χ2n) is 3.35. The lowest BCUT2D eigenvalue weighted by molar-refractivity contribution is -0.143. The van der Waals surface area contributed by atoms with E-state index in [1.807, 2.05) is 31.2 Å². The molecule has 14 heavy (non-hydrogen) atoms. The highest BCUT2D eigenvalue weighted by Crippen LogP contribution is 2.13. The third-order valence-corrected chi connectivity index (χ3v) is 2.30. The highest BCUT2D eigenvalue weighted by Gasteiger charge is 2.17. The van der Waals surface area contributed by atoms with Gasteiger partial charge in [0.05, 0.1) is 12.5 Å². The number of aliphatic carboxylic acids is 1. The van der Waals surface area contributed by atoms with Crippen molar-refractivity contribution >= 4 is 5.97 Å². The molecule has 0 aliphatic carbocycles. The fraction of sp³-hybridized carbons (Fsp3) is 0.364. The van der Waals surface area contributed by atoms with Crippen molar-refractivity contribution in [1.82, 2.24) is 0 Å². The van der Waals surface area contributed by atoms with Crippen molar-refractivity contribution in [2.45, 2.75) is 13.3 Å². The Morgan fingerprint density at radius 2 is 2.07 bits per heavy atom. The summed E-state index contributed by atoms with van der Waals surface area (Å²) in [6.07, 6.45) is 0.387. The molecular weight excluding hydrogens is 180 g/mol. The van der Waals surface area contributed by atoms with E-state index in [4.69, 9.17) is 10.2 Å². The highest BCUT2D eigenvalue weighted by atomic mass is 16.4. The molecule has 0 amide bonds. The second-order valence-corrected chi connectivity index (χ2v) is 3.35. The van der Waals surface area contributed by atoms with Gasteiger partial charge in [-0.05, 0) is 24.5 Å². The van der Waals surface area contributed by atoms with Crippen molar-refractivity contribution in [2.24, 2.45) is 5.92 Å². The van der Waals surface area contributed by atoms with Gasteiger partial charge in [-0.15, -0.1) is 0 Å². The Hall–Kier alpha value is -1.35. The number of rotatable bonds is 4. The third kappa shape index (κ3) is 2.57. The molecule has 1 rings (SSSR count). The highest BCUT2D eigenvalue weighted by molar-refractivity contribution is 5.70. The number of hydrogen-bond donors (Lipinski definition) is 2. The van der Waals surface area contributed by atoms with E-state index in [9.17, 15) is 4.79 Å². The van der Waals surface area contributed by atoms with E-state index in [0.717, 1.165) is 11.1 Å². The molecule has 0 aliphatic heterocycles. The topological polar surface area (TPSA) is 57.5 Å². The van der Waals surface area contributed by atoms with Gasteiger partial charge in [0.1, 0.15) is 0 Å². The first-order valence-corrected chi connectivity index (χ1v) is 4.53. The average molecular weight is 194 g/mol. The van der Waals surface area contributed by atoms with Crippen LogP contribution in [0.5, 0.6) is 0 Å². The molecule has 3 nitrogen and oxygen atoms in total. The van der Waals surface area contributed by atoms with Gasteiger partial charge in [0.2, 0.25) is 0 Å². The molecule has 1 aromatic carbocycles. The quantitative estimate of drug-likeness (QED) is 0.758. The molecule has 0 fully saturated rings. The van der Waals surface area contributed by atoms with Crippen LogP contribution in [0.1, 0.15) is 11.1 Å². The first kappa shape index (κ1) is 10.7. The predicted molar refractivity (Wildman–Crippen MR) is 53.1 cm³/mol. The van der Waals surface area contributed by atoms with Crippen LogP contribution in [0.2, 0.25) is 0 Å². The normalized spacial score (nSPS) is 12.4. The van der Waals surface area contributed by atoms with E-state index >= 15 is 0 Å². The predicted octanol–water partition coefficient (Wildman–Crippen LogP) is 1.23. The third-order valence-electron chi connectivity index (χ3n) is 2.30. The van der Waals surface area contributed by atoms with Gasteiger partial charge in [-0.1, -0.05) is 24.3 Å². The van der Waals surface area contributed by atoms with Crippen LogP contribution in [-0.2, 0) is 11.2 Å². The van der Waals surface area contributed by atoms with Crippen LogP contribution in [0, 0.1) is 12.8 Å². The van der Waals surface area contributed by atoms with Crippen molar-refractivity contribution in [3.8, 4) is 0 Å². The molecule has 0 saturated carbocycles. The van der Waals surface area contributed by atoms with E-state index in [1.165, 1.54) is 0 Å². The van der Waals surface area contributed by atoms with Gasteiger partial charge in [0, 0.05) is 0 Å². The summed E-state index contributed by atoms with van der Waals surface area (Å²) in [5.41, 5.74) is 2.04. The number of aliphatic hydroxyl groups excluding tert-OH is 1. The van der Waals surface area contributed by atoms with Crippen molar-refractivity contribution in [2.75, 3.05) is 6.61 Å². The molecule has 1 unspecified atom stereocenters. The Labute approximate surface area is 83.0 Å². The van der Waals surface area contributed by atoms with Crippen molar-refractivity contribution in [3.63, 3.8) is 0 Å². The van der Waals surface area contributed by atoms with Crippen molar-refractivity contribution in [1.29, 1.82) is 0 Å². The van der Waals surface area contributed by atoms with E-state index in [2.05, 4.69) is 0 Å². The van der Waals surface area contributed by atoms with Crippen LogP contribution >= 0.6 is 0 Å². The SMILES string of the molecule is Cc1ccccc1CC(CO)C(=O)O. The minimum Gasteiger partial charge on any atom is -0.481 e. The molecule has 1 atom stereocenters. The molecule has 1 aromatic rings. The van der Waals surface area contributed by atoms with Gasteiger partial charge in [-0.2, -0.15) is 0 Å². The largest absolute Gasteiger partial charge is 0.481 e. The summed E-state index contributed by atoms with van der Waals surface area (Å²) < 4.78 is 0. The van der Waals surface area contributed by atoms with E-state index in [0.29, 0.717) is 6.42 Å². The van der Waals surface area contributed by atoms with E-state index < -0.39 is 11.9 Å². The Morgan fingerprint density at radius 1 is 1.43 bits per heavy atom. The molecule has 3 heteroatoms. The van der Waals surface area contributed by atoms with E-state index in [1.54, 1.807) is 0 Å². The lowest BCUT2D eigenvalue weighted by atomic mass is 9.97. The summed E-state index contributed by atoms with van der Waals surface area (Å²) in [6.45, 7) is 1.62. The maximum absolute atomic E-state index is 10.7. The first-order chi connectivity index (χ1) is 6.65. The van der Waals surface area contributed by atoms with Crippen LogP contribution < -0.4 is 0 Å². The smallest absolute Gasteiger partial charge is 0.309 e. The Morgan fingerprint density at radius 3 is 2.57 bits per heavy atom. The molecule has 0 saturated heterocycles. The summed E-state index contributed by atoms with van der Waals surface area (Å²) in [4.78, 5) is 10.7. The van der Waals surface area contributed by atoms with Crippen LogP contribution in [0.15, 0.2) is 24.3 Å². The van der Waals surface area contributed by atoms with Crippen molar-refractivity contribution < 1.29 is 15.0 Å². The molecule has 0 spiro atoms. The van der Waals surface area contributed by atoms with Crippen LogP contribution in [0.25, 0.3) is 0 Å². The van der Waals surface area contributed by atoms with E-state index in [-0.39, 0.29) is 6.61 Å². The second kappa shape index (κ2) is 4.77. The Kier molecular flexibility index (Phi) is 3.65. The Balaban J connectivity index is 2.77. The number of carbonyl (C=O) groups is 1. The first-order valence-electron chi connectivity index (χ1n) is 4.53. The molecule has 0 heterocycles. The molecular formula is C11H14O3. The van der Waals surface area contributed by atoms with Gasteiger partial charge in [-0.3, -0.25) is 4.79 Å². The van der Waals surface area contributed by atoms with Crippen LogP contribution in [0.3, 0.4) is 0 Å². The van der Waals surface area contributed by atoms with Crippen LogP contribution in [0.4, 0.5) is 0 Å². The maximum atomic E-state index is 10.7. The summed E-state index contributed by atoms with van der Waals surface area (Å²) >= 11 is 0. The zero-order valence-corrected chi connectivity index (χ0v) is 8.10. The number of aryl methyl sites for hydroxylation is 1. The number of aliphatic hydroxyl groups is 1. The standard InChI is InChI=1S/C11H14O3/c1-8-4-2-3-5-9(8)6-10(7-12)11(13)14/h2-5,10,12H,6-7H2,1H3,(H,13,14). The van der Waals surface area contributed by atoms with Gasteiger partial charge < -0.3 is 10.2 Å². The summed E-state index contributed by atoms with van der Waals surface area (Å²) in [7, 11) is 0. The lowest BCUT2D eigenvalue weighted by Crippen LogP contribution is -2.20. The molecule has 76 valence electrons. The molecule has 2 N–H and O–H groups in total. The zero-order valence-electron chi connectivity index (χ0n) is 8.10. The molecule has 0 bridgehead atoms. The molecule has 0 aliphatic rings. The van der Waals surface area contributed by atoms with Gasteiger partial charge >= 0.3 is 5.97 Å². The monoisotopic (exact) mass is 194 g/mol. The number of carboxylic acids is 1. The zero-order chi connectivity index (χ0) is 10.6. The number of benzene rings is 1. The van der Waals surface area contributed by atoms with Crippen molar-refractivity contribution in [3.05, 3.63) is 35.4 Å². The summed E-state index contributed by atoms with van der Waals surface area (Å²) in [6, 6.07) is 7.61. The number of hydrogen-bond acceptors (Lipinski definition) is 2. The fourth-order valence-electron chi connectivity index (χ4n) is 1.33. The van der Waals surface area contributed by atoms with Crippen LogP contribution in [-0.4, -0.2) is 22.8 Å². The minimum absolute atomic E-state index is 0.316. The maximum Gasteiger partial charge on any atom is 0.309 e. The van der Waals surface area contributed by atoms with Gasteiger partial charge in [0.25, 0.3) is 0 Å². The molecule has 0 radical (unpaired) electrons.